The number of hydrogen-bond acceptors (Lipinski definition) is 3. The predicted octanol–water partition coefficient (Wildman–Crippen LogP) is 2.38. The van der Waals surface area contributed by atoms with Crippen LogP contribution >= 0.6 is 0 Å². The van der Waals surface area contributed by atoms with Crippen molar-refractivity contribution in [3.63, 3.8) is 0 Å². The fraction of sp³-hybridized carbons (Fsp3) is 0.533. The lowest BCUT2D eigenvalue weighted by Crippen LogP contribution is -2.36. The molecule has 1 aliphatic rings. The Balaban J connectivity index is 1.85. The van der Waals surface area contributed by atoms with Gasteiger partial charge in [0.2, 0.25) is 0 Å². The summed E-state index contributed by atoms with van der Waals surface area (Å²) in [7, 11) is 0. The van der Waals surface area contributed by atoms with E-state index in [9.17, 15) is 4.79 Å². The van der Waals surface area contributed by atoms with Crippen molar-refractivity contribution in [1.82, 2.24) is 4.90 Å². The topological polar surface area (TPSA) is 55.6 Å². The van der Waals surface area contributed by atoms with Crippen LogP contribution in [0.5, 0.6) is 0 Å². The fourth-order valence-corrected chi connectivity index (χ4v) is 2.50. The van der Waals surface area contributed by atoms with Gasteiger partial charge in [-0.2, -0.15) is 0 Å². The number of carbonyl (C=O) groups excluding carboxylic acids is 1. The summed E-state index contributed by atoms with van der Waals surface area (Å²) in [6.45, 7) is 4.56. The van der Waals surface area contributed by atoms with Crippen LogP contribution < -0.4 is 5.73 Å². The SMILES string of the molecule is CCC1(CN)CCN(C(=O)OCc2ccccc2)C1. The third kappa shape index (κ3) is 3.26. The molecule has 0 radical (unpaired) electrons. The van der Waals surface area contributed by atoms with Gasteiger partial charge < -0.3 is 15.4 Å². The molecule has 2 N–H and O–H groups in total. The van der Waals surface area contributed by atoms with Crippen molar-refractivity contribution in [2.75, 3.05) is 19.6 Å². The summed E-state index contributed by atoms with van der Waals surface area (Å²) in [5, 5.41) is 0. The first-order chi connectivity index (χ1) is 9.19. The molecule has 1 heterocycles. The quantitative estimate of drug-likeness (QED) is 0.906. The molecule has 4 heteroatoms. The molecule has 1 unspecified atom stereocenters. The lowest BCUT2D eigenvalue weighted by molar-refractivity contribution is 0.0996. The summed E-state index contributed by atoms with van der Waals surface area (Å²) in [5.41, 5.74) is 6.93. The summed E-state index contributed by atoms with van der Waals surface area (Å²) < 4.78 is 5.34. The Morgan fingerprint density at radius 3 is 2.74 bits per heavy atom. The Labute approximate surface area is 114 Å². The summed E-state index contributed by atoms with van der Waals surface area (Å²) in [6.07, 6.45) is 1.75. The maximum absolute atomic E-state index is 12.0. The Morgan fingerprint density at radius 1 is 1.42 bits per heavy atom. The van der Waals surface area contributed by atoms with Crippen molar-refractivity contribution in [2.24, 2.45) is 11.1 Å². The first-order valence-corrected chi connectivity index (χ1v) is 6.85. The number of nitrogens with two attached hydrogens (primary N) is 1. The predicted molar refractivity (Wildman–Crippen MR) is 74.6 cm³/mol. The molecule has 1 amide bonds. The van der Waals surface area contributed by atoms with Crippen molar-refractivity contribution >= 4 is 6.09 Å². The van der Waals surface area contributed by atoms with Gasteiger partial charge >= 0.3 is 6.09 Å². The second kappa shape index (κ2) is 6.06. The van der Waals surface area contributed by atoms with E-state index < -0.39 is 0 Å². The van der Waals surface area contributed by atoms with Gasteiger partial charge in [0.05, 0.1) is 0 Å². The highest BCUT2D eigenvalue weighted by molar-refractivity contribution is 5.68. The molecular formula is C15H22N2O2. The lowest BCUT2D eigenvalue weighted by atomic mass is 9.85. The average Bonchev–Trinajstić information content (AvgIpc) is 2.91. The molecule has 4 nitrogen and oxygen atoms in total. The minimum Gasteiger partial charge on any atom is -0.445 e. The molecule has 0 bridgehead atoms. The zero-order valence-corrected chi connectivity index (χ0v) is 11.5. The third-order valence-electron chi connectivity index (χ3n) is 4.08. The number of hydrogen-bond donors (Lipinski definition) is 1. The van der Waals surface area contributed by atoms with Crippen LogP contribution in [0, 0.1) is 5.41 Å². The number of carbonyl (C=O) groups is 1. The molecule has 104 valence electrons. The molecule has 0 aromatic heterocycles. The first-order valence-electron chi connectivity index (χ1n) is 6.85. The van der Waals surface area contributed by atoms with Gasteiger partial charge in [-0.15, -0.1) is 0 Å². The highest BCUT2D eigenvalue weighted by Gasteiger charge is 2.37. The van der Waals surface area contributed by atoms with Crippen LogP contribution in [-0.2, 0) is 11.3 Å². The number of likely N-dealkylation sites (tertiary alicyclic amines) is 1. The zero-order valence-electron chi connectivity index (χ0n) is 11.5. The molecule has 1 fully saturated rings. The highest BCUT2D eigenvalue weighted by atomic mass is 16.6. The zero-order chi connectivity index (χ0) is 13.7. The number of benzene rings is 1. The van der Waals surface area contributed by atoms with Gasteiger partial charge in [-0.3, -0.25) is 0 Å². The number of amides is 1. The van der Waals surface area contributed by atoms with E-state index in [2.05, 4.69) is 6.92 Å². The van der Waals surface area contributed by atoms with Crippen molar-refractivity contribution in [2.45, 2.75) is 26.4 Å². The largest absolute Gasteiger partial charge is 0.445 e. The standard InChI is InChI=1S/C15H22N2O2/c1-2-15(11-16)8-9-17(12-15)14(18)19-10-13-6-4-3-5-7-13/h3-7H,2,8-12,16H2,1H3. The molecule has 1 aliphatic heterocycles. The minimum atomic E-state index is -0.229. The summed E-state index contributed by atoms with van der Waals surface area (Å²) in [4.78, 5) is 13.8. The van der Waals surface area contributed by atoms with Crippen LogP contribution in [0.2, 0.25) is 0 Å². The van der Waals surface area contributed by atoms with Gasteiger partial charge in [0.15, 0.2) is 0 Å². The van der Waals surface area contributed by atoms with E-state index in [1.54, 1.807) is 4.90 Å². The smallest absolute Gasteiger partial charge is 0.410 e. The molecule has 0 saturated carbocycles. The van der Waals surface area contributed by atoms with E-state index in [1.165, 1.54) is 0 Å². The molecule has 0 aliphatic carbocycles. The normalized spacial score (nSPS) is 22.5. The van der Waals surface area contributed by atoms with Crippen LogP contribution in [0.15, 0.2) is 30.3 Å². The molecule has 2 rings (SSSR count). The van der Waals surface area contributed by atoms with E-state index in [4.69, 9.17) is 10.5 Å². The molecule has 19 heavy (non-hydrogen) atoms. The number of rotatable bonds is 4. The van der Waals surface area contributed by atoms with Crippen LogP contribution in [0.1, 0.15) is 25.3 Å². The van der Waals surface area contributed by atoms with Crippen LogP contribution in [0.4, 0.5) is 4.79 Å². The fourth-order valence-electron chi connectivity index (χ4n) is 2.50. The molecule has 0 spiro atoms. The number of ether oxygens (including phenoxy) is 1. The van der Waals surface area contributed by atoms with Gasteiger partial charge in [-0.25, -0.2) is 4.79 Å². The van der Waals surface area contributed by atoms with Crippen molar-refractivity contribution in [3.8, 4) is 0 Å². The lowest BCUT2D eigenvalue weighted by Gasteiger charge is -2.25. The summed E-state index contributed by atoms with van der Waals surface area (Å²) in [6, 6.07) is 9.73. The first kappa shape index (κ1) is 13.9. The Morgan fingerprint density at radius 2 is 2.16 bits per heavy atom. The van der Waals surface area contributed by atoms with E-state index in [-0.39, 0.29) is 11.5 Å². The van der Waals surface area contributed by atoms with Crippen LogP contribution in [0.3, 0.4) is 0 Å². The van der Waals surface area contributed by atoms with Gasteiger partial charge in [-0.05, 0) is 24.9 Å². The van der Waals surface area contributed by atoms with E-state index in [0.717, 1.165) is 24.9 Å². The monoisotopic (exact) mass is 262 g/mol. The van der Waals surface area contributed by atoms with Gasteiger partial charge in [0.25, 0.3) is 0 Å². The maximum atomic E-state index is 12.0. The molecule has 1 aromatic carbocycles. The van der Waals surface area contributed by atoms with Gasteiger partial charge in [0.1, 0.15) is 6.61 Å². The second-order valence-electron chi connectivity index (χ2n) is 5.27. The maximum Gasteiger partial charge on any atom is 0.410 e. The Hall–Kier alpha value is -1.55. The second-order valence-corrected chi connectivity index (χ2v) is 5.27. The van der Waals surface area contributed by atoms with E-state index in [0.29, 0.717) is 19.7 Å². The molecule has 1 atom stereocenters. The van der Waals surface area contributed by atoms with Gasteiger partial charge in [0, 0.05) is 18.5 Å². The van der Waals surface area contributed by atoms with Crippen molar-refractivity contribution in [1.29, 1.82) is 0 Å². The third-order valence-corrected chi connectivity index (χ3v) is 4.08. The summed E-state index contributed by atoms with van der Waals surface area (Å²) in [5.74, 6) is 0. The molecule has 1 saturated heterocycles. The van der Waals surface area contributed by atoms with Crippen molar-refractivity contribution < 1.29 is 9.53 Å². The Kier molecular flexibility index (Phi) is 4.43. The van der Waals surface area contributed by atoms with Gasteiger partial charge in [-0.1, -0.05) is 37.3 Å². The molecule has 1 aromatic rings. The number of nitrogens with zero attached hydrogens (tertiary/aromatic N) is 1. The average molecular weight is 262 g/mol. The van der Waals surface area contributed by atoms with Crippen molar-refractivity contribution in [3.05, 3.63) is 35.9 Å². The van der Waals surface area contributed by atoms with Crippen LogP contribution in [0.25, 0.3) is 0 Å². The molecular weight excluding hydrogens is 240 g/mol. The Bertz CT molecular complexity index is 415. The highest BCUT2D eigenvalue weighted by Crippen LogP contribution is 2.32. The summed E-state index contributed by atoms with van der Waals surface area (Å²) >= 11 is 0. The van der Waals surface area contributed by atoms with E-state index in [1.807, 2.05) is 30.3 Å². The minimum absolute atomic E-state index is 0.0891. The van der Waals surface area contributed by atoms with E-state index >= 15 is 0 Å². The van der Waals surface area contributed by atoms with Crippen LogP contribution in [-0.4, -0.2) is 30.6 Å².